The maximum Gasteiger partial charge on any atom is 0.147 e. The highest BCUT2D eigenvalue weighted by Gasteiger charge is 2.17. The third kappa shape index (κ3) is 4.55. The Morgan fingerprint density at radius 1 is 1.44 bits per heavy atom. The van der Waals surface area contributed by atoms with Crippen LogP contribution in [0.3, 0.4) is 0 Å². The summed E-state index contributed by atoms with van der Waals surface area (Å²) in [4.78, 5) is 0. The first-order valence-corrected chi connectivity index (χ1v) is 8.14. The van der Waals surface area contributed by atoms with Crippen LogP contribution in [-0.2, 0) is 9.84 Å². The molecule has 1 aromatic rings. The van der Waals surface area contributed by atoms with Crippen LogP contribution in [0, 0.1) is 5.82 Å². The fourth-order valence-corrected chi connectivity index (χ4v) is 2.66. The Labute approximate surface area is 112 Å². The quantitative estimate of drug-likeness (QED) is 0.877. The monoisotopic (exact) mass is 293 g/mol. The lowest BCUT2D eigenvalue weighted by atomic mass is 10.0. The average Bonchev–Trinajstić information content (AvgIpc) is 2.27. The van der Waals surface area contributed by atoms with Gasteiger partial charge in [0.2, 0.25) is 0 Å². The van der Waals surface area contributed by atoms with E-state index in [-0.39, 0.29) is 16.8 Å². The molecule has 1 aromatic carbocycles. The van der Waals surface area contributed by atoms with Crippen molar-refractivity contribution < 1.29 is 12.8 Å². The van der Waals surface area contributed by atoms with E-state index in [4.69, 9.17) is 11.6 Å². The van der Waals surface area contributed by atoms with E-state index in [1.54, 1.807) is 12.1 Å². The molecular weight excluding hydrogens is 277 g/mol. The lowest BCUT2D eigenvalue weighted by molar-refractivity contribution is 0.525. The highest BCUT2D eigenvalue weighted by Crippen LogP contribution is 2.27. The second-order valence-electron chi connectivity index (χ2n) is 4.17. The molecule has 0 amide bonds. The van der Waals surface area contributed by atoms with Gasteiger partial charge in [-0.15, -0.1) is 0 Å². The van der Waals surface area contributed by atoms with Crippen LogP contribution in [0.25, 0.3) is 0 Å². The number of sulfone groups is 1. The molecular formula is C12H17ClFNO2S. The number of benzene rings is 1. The van der Waals surface area contributed by atoms with Gasteiger partial charge in [-0.2, -0.15) is 0 Å². The minimum atomic E-state index is -3.05. The molecule has 3 nitrogen and oxygen atoms in total. The minimum absolute atomic E-state index is 0.0392. The minimum Gasteiger partial charge on any atom is -0.310 e. The van der Waals surface area contributed by atoms with Crippen molar-refractivity contribution in [2.24, 2.45) is 0 Å². The Morgan fingerprint density at radius 2 is 2.11 bits per heavy atom. The fraction of sp³-hybridized carbons (Fsp3) is 0.500. The standard InChI is InChI=1S/C12H17ClFNO2S/c1-3-15-11(7-8-18(2,16)17)9-5-4-6-10(14)12(9)13/h4-6,11,15H,3,7-8H2,1-2H3. The zero-order valence-corrected chi connectivity index (χ0v) is 12.0. The molecule has 1 atom stereocenters. The SMILES string of the molecule is CCNC(CCS(C)(=O)=O)c1cccc(F)c1Cl. The lowest BCUT2D eigenvalue weighted by Gasteiger charge is -2.19. The van der Waals surface area contributed by atoms with Crippen molar-refractivity contribution >= 4 is 21.4 Å². The van der Waals surface area contributed by atoms with Gasteiger partial charge in [-0.05, 0) is 24.6 Å². The van der Waals surface area contributed by atoms with Crippen LogP contribution in [0.2, 0.25) is 5.02 Å². The van der Waals surface area contributed by atoms with Gasteiger partial charge in [0.15, 0.2) is 0 Å². The highest BCUT2D eigenvalue weighted by molar-refractivity contribution is 7.90. The molecule has 18 heavy (non-hydrogen) atoms. The Balaban J connectivity index is 2.93. The lowest BCUT2D eigenvalue weighted by Crippen LogP contribution is -2.24. The Morgan fingerprint density at radius 3 is 2.67 bits per heavy atom. The molecule has 1 N–H and O–H groups in total. The van der Waals surface area contributed by atoms with E-state index in [1.165, 1.54) is 12.3 Å². The molecule has 0 aliphatic carbocycles. The molecule has 102 valence electrons. The summed E-state index contributed by atoms with van der Waals surface area (Å²) in [5.74, 6) is -0.450. The largest absolute Gasteiger partial charge is 0.310 e. The normalized spacial score (nSPS) is 13.6. The van der Waals surface area contributed by atoms with Gasteiger partial charge in [0, 0.05) is 12.3 Å². The predicted molar refractivity (Wildman–Crippen MR) is 72.2 cm³/mol. The third-order valence-electron chi connectivity index (χ3n) is 2.58. The predicted octanol–water partition coefficient (Wildman–Crippen LogP) is 2.56. The summed E-state index contributed by atoms with van der Waals surface area (Å²) in [6, 6.07) is 4.31. The van der Waals surface area contributed by atoms with Crippen molar-refractivity contribution in [3.05, 3.63) is 34.6 Å². The number of hydrogen-bond donors (Lipinski definition) is 1. The first-order chi connectivity index (χ1) is 8.35. The van der Waals surface area contributed by atoms with Crippen LogP contribution < -0.4 is 5.32 Å². The maximum absolute atomic E-state index is 13.4. The Bertz CT molecular complexity index is 505. The molecule has 0 bridgehead atoms. The van der Waals surface area contributed by atoms with Crippen LogP contribution >= 0.6 is 11.6 Å². The number of halogens is 2. The molecule has 0 radical (unpaired) electrons. The zero-order valence-electron chi connectivity index (χ0n) is 10.4. The van der Waals surface area contributed by atoms with Gasteiger partial charge in [0.1, 0.15) is 15.7 Å². The van der Waals surface area contributed by atoms with E-state index in [0.717, 1.165) is 0 Å². The first-order valence-electron chi connectivity index (χ1n) is 5.70. The molecule has 0 aliphatic rings. The summed E-state index contributed by atoms with van der Waals surface area (Å²) in [7, 11) is -3.05. The topological polar surface area (TPSA) is 46.2 Å². The van der Waals surface area contributed by atoms with Crippen molar-refractivity contribution in [3.63, 3.8) is 0 Å². The Kier molecular flexibility index (Phi) is 5.56. The summed E-state index contributed by atoms with van der Waals surface area (Å²) in [5.41, 5.74) is 0.599. The van der Waals surface area contributed by atoms with Gasteiger partial charge >= 0.3 is 0 Å². The molecule has 0 aliphatic heterocycles. The van der Waals surface area contributed by atoms with Crippen molar-refractivity contribution in [1.82, 2.24) is 5.32 Å². The van der Waals surface area contributed by atoms with Crippen LogP contribution in [0.5, 0.6) is 0 Å². The molecule has 0 saturated carbocycles. The van der Waals surface area contributed by atoms with Gasteiger partial charge < -0.3 is 5.32 Å². The van der Waals surface area contributed by atoms with E-state index < -0.39 is 15.7 Å². The highest BCUT2D eigenvalue weighted by atomic mass is 35.5. The molecule has 1 unspecified atom stereocenters. The summed E-state index contributed by atoms with van der Waals surface area (Å²) >= 11 is 5.91. The average molecular weight is 294 g/mol. The molecule has 0 fully saturated rings. The first kappa shape index (κ1) is 15.4. The van der Waals surface area contributed by atoms with Crippen molar-refractivity contribution in [3.8, 4) is 0 Å². The van der Waals surface area contributed by atoms with Crippen molar-refractivity contribution in [2.75, 3.05) is 18.6 Å². The van der Waals surface area contributed by atoms with Gasteiger partial charge in [0.25, 0.3) is 0 Å². The molecule has 1 rings (SSSR count). The van der Waals surface area contributed by atoms with Crippen molar-refractivity contribution in [2.45, 2.75) is 19.4 Å². The summed E-state index contributed by atoms with van der Waals surface area (Å²) in [6.45, 7) is 2.56. The zero-order chi connectivity index (χ0) is 13.8. The summed E-state index contributed by atoms with van der Waals surface area (Å²) in [5, 5.41) is 3.18. The second-order valence-corrected chi connectivity index (χ2v) is 6.81. The molecule has 0 aromatic heterocycles. The smallest absolute Gasteiger partial charge is 0.147 e. The van der Waals surface area contributed by atoms with E-state index in [1.807, 2.05) is 6.92 Å². The second kappa shape index (κ2) is 6.50. The van der Waals surface area contributed by atoms with Crippen LogP contribution in [-0.4, -0.2) is 27.0 Å². The van der Waals surface area contributed by atoms with Crippen LogP contribution in [0.15, 0.2) is 18.2 Å². The summed E-state index contributed by atoms with van der Waals surface area (Å²) in [6.07, 6.45) is 1.55. The van der Waals surface area contributed by atoms with Gasteiger partial charge in [-0.25, -0.2) is 12.8 Å². The fourth-order valence-electron chi connectivity index (χ4n) is 1.74. The van der Waals surface area contributed by atoms with E-state index >= 15 is 0 Å². The van der Waals surface area contributed by atoms with Gasteiger partial charge in [0.05, 0.1) is 10.8 Å². The Hall–Kier alpha value is -0.650. The number of nitrogens with one attached hydrogen (secondary N) is 1. The molecule has 0 saturated heterocycles. The van der Waals surface area contributed by atoms with Gasteiger partial charge in [-0.3, -0.25) is 0 Å². The van der Waals surface area contributed by atoms with E-state index in [2.05, 4.69) is 5.32 Å². The molecule has 0 spiro atoms. The number of rotatable bonds is 6. The van der Waals surface area contributed by atoms with Crippen LogP contribution in [0.4, 0.5) is 4.39 Å². The van der Waals surface area contributed by atoms with E-state index in [9.17, 15) is 12.8 Å². The summed E-state index contributed by atoms with van der Waals surface area (Å²) < 4.78 is 35.8. The van der Waals surface area contributed by atoms with Crippen LogP contribution in [0.1, 0.15) is 24.9 Å². The van der Waals surface area contributed by atoms with Crippen molar-refractivity contribution in [1.29, 1.82) is 0 Å². The molecule has 6 heteroatoms. The van der Waals surface area contributed by atoms with Gasteiger partial charge in [-0.1, -0.05) is 30.7 Å². The number of hydrogen-bond acceptors (Lipinski definition) is 3. The third-order valence-corrected chi connectivity index (χ3v) is 3.96. The molecule has 0 heterocycles. The maximum atomic E-state index is 13.4. The van der Waals surface area contributed by atoms with E-state index in [0.29, 0.717) is 18.5 Å².